The minimum absolute atomic E-state index is 0.00134. The van der Waals surface area contributed by atoms with Gasteiger partial charge < -0.3 is 9.84 Å². The molecule has 0 spiro atoms. The molecule has 7 nitrogen and oxygen atoms in total. The summed E-state index contributed by atoms with van der Waals surface area (Å²) in [6.45, 7) is 2.87. The predicted molar refractivity (Wildman–Crippen MR) is 74.3 cm³/mol. The van der Waals surface area contributed by atoms with Crippen LogP contribution >= 0.6 is 0 Å². The lowest BCUT2D eigenvalue weighted by Crippen LogP contribution is -2.32. The highest BCUT2D eigenvalue weighted by Gasteiger charge is 2.42. The van der Waals surface area contributed by atoms with Gasteiger partial charge in [-0.15, -0.1) is 0 Å². The van der Waals surface area contributed by atoms with Crippen molar-refractivity contribution < 1.29 is 23.1 Å². The van der Waals surface area contributed by atoms with Gasteiger partial charge in [-0.05, 0) is 19.8 Å². The van der Waals surface area contributed by atoms with E-state index in [0.29, 0.717) is 25.3 Å². The highest BCUT2D eigenvalue weighted by molar-refractivity contribution is 7.91. The Morgan fingerprint density at radius 2 is 2.33 bits per heavy atom. The van der Waals surface area contributed by atoms with Gasteiger partial charge in [-0.2, -0.15) is 5.10 Å². The topological polar surface area (TPSA) is 98.5 Å². The molecule has 2 aliphatic rings. The van der Waals surface area contributed by atoms with Gasteiger partial charge in [0.25, 0.3) is 0 Å². The van der Waals surface area contributed by atoms with Crippen LogP contribution in [0, 0.1) is 0 Å². The van der Waals surface area contributed by atoms with Crippen molar-refractivity contribution in [1.29, 1.82) is 0 Å². The van der Waals surface area contributed by atoms with E-state index in [4.69, 9.17) is 4.74 Å². The zero-order valence-corrected chi connectivity index (χ0v) is 12.6. The van der Waals surface area contributed by atoms with Gasteiger partial charge in [0, 0.05) is 18.7 Å². The number of hydrogen-bond acceptors (Lipinski definition) is 5. The van der Waals surface area contributed by atoms with Gasteiger partial charge in [-0.25, -0.2) is 13.2 Å². The van der Waals surface area contributed by atoms with E-state index in [1.54, 1.807) is 0 Å². The molecule has 2 aliphatic heterocycles. The Bertz CT molecular complexity index is 675. The van der Waals surface area contributed by atoms with Crippen molar-refractivity contribution in [3.05, 3.63) is 17.5 Å². The number of sulfone groups is 1. The third-order valence-corrected chi connectivity index (χ3v) is 6.21. The summed E-state index contributed by atoms with van der Waals surface area (Å²) in [5.41, 5.74) is -0.0117. The SMILES string of the molecule is CC1(n2cc(C(=O)O)c(C3CCOC3)n2)CCS(=O)(=O)C1. The summed E-state index contributed by atoms with van der Waals surface area (Å²) >= 11 is 0. The Kier molecular flexibility index (Phi) is 3.32. The van der Waals surface area contributed by atoms with Crippen molar-refractivity contribution in [2.75, 3.05) is 24.7 Å². The summed E-state index contributed by atoms with van der Waals surface area (Å²) in [6, 6.07) is 0. The van der Waals surface area contributed by atoms with Gasteiger partial charge >= 0.3 is 5.97 Å². The van der Waals surface area contributed by atoms with Crippen molar-refractivity contribution >= 4 is 15.8 Å². The molecule has 0 aliphatic carbocycles. The fourth-order valence-corrected chi connectivity index (χ4v) is 5.17. The summed E-state index contributed by atoms with van der Waals surface area (Å²) in [5, 5.41) is 13.8. The lowest BCUT2D eigenvalue weighted by Gasteiger charge is -2.22. The van der Waals surface area contributed by atoms with Crippen LogP contribution in [0.15, 0.2) is 6.20 Å². The molecule has 0 amide bonds. The summed E-state index contributed by atoms with van der Waals surface area (Å²) in [7, 11) is -3.08. The van der Waals surface area contributed by atoms with Gasteiger partial charge in [0.15, 0.2) is 9.84 Å². The van der Waals surface area contributed by atoms with Crippen molar-refractivity contribution in [2.24, 2.45) is 0 Å². The second-order valence-electron chi connectivity index (χ2n) is 6.08. The normalized spacial score (nSPS) is 31.6. The molecule has 3 rings (SSSR count). The van der Waals surface area contributed by atoms with Crippen LogP contribution in [0.4, 0.5) is 0 Å². The van der Waals surface area contributed by atoms with Crippen molar-refractivity contribution in [3.63, 3.8) is 0 Å². The minimum atomic E-state index is -3.08. The lowest BCUT2D eigenvalue weighted by molar-refractivity contribution is 0.0695. The van der Waals surface area contributed by atoms with E-state index >= 15 is 0 Å². The van der Waals surface area contributed by atoms with Gasteiger partial charge in [0.2, 0.25) is 0 Å². The molecule has 2 saturated heterocycles. The van der Waals surface area contributed by atoms with E-state index < -0.39 is 21.3 Å². The molecular formula is C13H18N2O5S. The Morgan fingerprint density at radius 3 is 2.86 bits per heavy atom. The molecule has 0 radical (unpaired) electrons. The first-order chi connectivity index (χ1) is 9.81. The Labute approximate surface area is 122 Å². The molecule has 2 atom stereocenters. The molecule has 1 N–H and O–H groups in total. The number of hydrogen-bond donors (Lipinski definition) is 1. The molecule has 0 bridgehead atoms. The molecule has 116 valence electrons. The molecule has 2 fully saturated rings. The average Bonchev–Trinajstić information content (AvgIpc) is 3.07. The van der Waals surface area contributed by atoms with Crippen LogP contribution < -0.4 is 0 Å². The number of carboxylic acid groups (broad SMARTS) is 1. The number of ether oxygens (including phenoxy) is 1. The van der Waals surface area contributed by atoms with E-state index in [9.17, 15) is 18.3 Å². The number of aromatic nitrogens is 2. The maximum Gasteiger partial charge on any atom is 0.339 e. The largest absolute Gasteiger partial charge is 0.478 e. The molecule has 3 heterocycles. The highest BCUT2D eigenvalue weighted by Crippen LogP contribution is 2.33. The Morgan fingerprint density at radius 1 is 1.57 bits per heavy atom. The minimum Gasteiger partial charge on any atom is -0.478 e. The fourth-order valence-electron chi connectivity index (χ4n) is 3.05. The number of aromatic carboxylic acids is 1. The predicted octanol–water partition coefficient (Wildman–Crippen LogP) is 0.619. The van der Waals surface area contributed by atoms with Crippen LogP contribution in [0.2, 0.25) is 0 Å². The second-order valence-corrected chi connectivity index (χ2v) is 8.26. The molecule has 2 unspecified atom stereocenters. The monoisotopic (exact) mass is 314 g/mol. The smallest absolute Gasteiger partial charge is 0.339 e. The number of nitrogens with zero attached hydrogens (tertiary/aromatic N) is 2. The molecule has 0 aromatic carbocycles. The van der Waals surface area contributed by atoms with Gasteiger partial charge in [0.1, 0.15) is 5.56 Å². The summed E-state index contributed by atoms with van der Waals surface area (Å²) in [4.78, 5) is 11.4. The standard InChI is InChI=1S/C13H18N2O5S/c1-13(3-5-21(18,19)8-13)15-6-10(12(16)17)11(14-15)9-2-4-20-7-9/h6,9H,2-5,7-8H2,1H3,(H,16,17). The van der Waals surface area contributed by atoms with Crippen LogP contribution in [0.5, 0.6) is 0 Å². The second kappa shape index (κ2) is 4.81. The van der Waals surface area contributed by atoms with Gasteiger partial charge in [-0.3, -0.25) is 4.68 Å². The van der Waals surface area contributed by atoms with E-state index in [1.165, 1.54) is 10.9 Å². The van der Waals surface area contributed by atoms with Crippen molar-refractivity contribution in [1.82, 2.24) is 9.78 Å². The zero-order chi connectivity index (χ0) is 15.3. The van der Waals surface area contributed by atoms with E-state index in [0.717, 1.165) is 6.42 Å². The van der Waals surface area contributed by atoms with E-state index in [1.807, 2.05) is 6.92 Å². The Hall–Kier alpha value is -1.41. The quantitative estimate of drug-likeness (QED) is 0.878. The lowest BCUT2D eigenvalue weighted by atomic mass is 10.0. The van der Waals surface area contributed by atoms with Crippen LogP contribution in [-0.4, -0.2) is 54.0 Å². The zero-order valence-electron chi connectivity index (χ0n) is 11.8. The first-order valence-electron chi connectivity index (χ1n) is 6.92. The van der Waals surface area contributed by atoms with E-state index in [2.05, 4.69) is 5.10 Å². The third kappa shape index (κ3) is 2.57. The van der Waals surface area contributed by atoms with Crippen LogP contribution in [0.25, 0.3) is 0 Å². The fraction of sp³-hybridized carbons (Fsp3) is 0.692. The Balaban J connectivity index is 2.00. The van der Waals surface area contributed by atoms with Crippen LogP contribution in [0.1, 0.15) is 41.7 Å². The number of rotatable bonds is 3. The molecule has 1 aromatic heterocycles. The molecule has 1 aromatic rings. The van der Waals surface area contributed by atoms with Crippen LogP contribution in [-0.2, 0) is 20.1 Å². The van der Waals surface area contributed by atoms with Crippen LogP contribution in [0.3, 0.4) is 0 Å². The van der Waals surface area contributed by atoms with Gasteiger partial charge in [-0.1, -0.05) is 0 Å². The average molecular weight is 314 g/mol. The summed E-state index contributed by atoms with van der Waals surface area (Å²) < 4.78 is 30.3. The molecule has 0 saturated carbocycles. The maximum atomic E-state index is 11.7. The van der Waals surface area contributed by atoms with E-state index in [-0.39, 0.29) is 23.0 Å². The molecular weight excluding hydrogens is 296 g/mol. The first-order valence-corrected chi connectivity index (χ1v) is 8.74. The summed E-state index contributed by atoms with van der Waals surface area (Å²) in [5.74, 6) is -0.943. The first kappa shape index (κ1) is 14.5. The molecule has 21 heavy (non-hydrogen) atoms. The number of carbonyl (C=O) groups is 1. The summed E-state index contributed by atoms with van der Waals surface area (Å²) in [6.07, 6.45) is 2.67. The highest BCUT2D eigenvalue weighted by atomic mass is 32.2. The third-order valence-electron chi connectivity index (χ3n) is 4.33. The number of carboxylic acids is 1. The molecule has 8 heteroatoms. The van der Waals surface area contributed by atoms with Crippen molar-refractivity contribution in [3.8, 4) is 0 Å². The van der Waals surface area contributed by atoms with Crippen molar-refractivity contribution in [2.45, 2.75) is 31.2 Å². The maximum absolute atomic E-state index is 11.7. The van der Waals surface area contributed by atoms with Gasteiger partial charge in [0.05, 0.1) is 29.3 Å².